The van der Waals surface area contributed by atoms with Crippen molar-refractivity contribution < 1.29 is 0 Å². The number of nitrogens with zero attached hydrogens (tertiary/aromatic N) is 12. The molecule has 0 saturated carbocycles. The molecule has 3 aliphatic carbocycles. The average Bonchev–Trinajstić information content (AvgIpc) is 1.53. The summed E-state index contributed by atoms with van der Waals surface area (Å²) in [7, 11) is 0. The third-order valence-corrected chi connectivity index (χ3v) is 28.9. The van der Waals surface area contributed by atoms with Crippen LogP contribution in [0.1, 0.15) is 74.9 Å². The number of aromatic nitrogens is 12. The number of hydrogen-bond donors (Lipinski definition) is 0. The summed E-state index contributed by atoms with van der Waals surface area (Å²) >= 11 is 0. The molecule has 9 aromatic heterocycles. The van der Waals surface area contributed by atoms with Gasteiger partial charge in [0.2, 0.25) is 5.95 Å². The minimum absolute atomic E-state index is 0.197. The fourth-order valence-electron chi connectivity index (χ4n) is 22.8. The van der Waals surface area contributed by atoms with Crippen LogP contribution in [0, 0.1) is 0 Å². The first-order chi connectivity index (χ1) is 67.8. The zero-order chi connectivity index (χ0) is 92.2. The topological polar surface area (TPSA) is 131 Å². The molecule has 0 radical (unpaired) electrons. The molecule has 25 aromatic rings. The Labute approximate surface area is 797 Å². The molecule has 0 unspecified atom stereocenters. The molecule has 0 amide bonds. The van der Waals surface area contributed by atoms with Crippen molar-refractivity contribution in [2.24, 2.45) is 0 Å². The van der Waals surface area contributed by atoms with Gasteiger partial charge < -0.3 is 4.57 Å². The van der Waals surface area contributed by atoms with E-state index in [1.54, 1.807) is 0 Å². The van der Waals surface area contributed by atoms with Crippen molar-refractivity contribution in [2.75, 3.05) is 0 Å². The monoisotopic (exact) mass is 1770 g/mol. The van der Waals surface area contributed by atoms with Gasteiger partial charge in [-0.05, 0) is 111 Å². The molecule has 9 heterocycles. The van der Waals surface area contributed by atoms with Crippen LogP contribution in [0.25, 0.3) is 228 Å². The lowest BCUT2D eigenvalue weighted by Crippen LogP contribution is -2.16. The highest BCUT2D eigenvalue weighted by Gasteiger charge is 2.45. The van der Waals surface area contributed by atoms with Crippen LogP contribution in [-0.2, 0) is 16.2 Å². The Morgan fingerprint density at radius 3 is 0.870 bits per heavy atom. The van der Waals surface area contributed by atoms with E-state index in [1.165, 1.54) is 115 Å². The SMILES string of the molecule is CC1(C)c2ccccc2-c2c1c1ncccc1c1c3ccccc3n(-c3cc(-c4ccccc4)nc(-c4ccccc4)n3)c21.CC1(C)c2ccccc2-c2c1c1ncccc1c1c3ccccc3n(-c3ccc(-c4cc(-c5ccccc5)nc(-c5ccccc5)n4)cc3)c21.CC1(C)c2ccccc2-c2c1c1ncccc1c1c3ccccc3n(-c3nc(-c4ccccc4)cc(-c4ccccc4)n3)c21. The molecule has 0 bridgehead atoms. The summed E-state index contributed by atoms with van der Waals surface area (Å²) in [5.74, 6) is 2.92. The van der Waals surface area contributed by atoms with E-state index in [4.69, 9.17) is 44.9 Å². The predicted molar refractivity (Wildman–Crippen MR) is 566 cm³/mol. The quantitative estimate of drug-likeness (QED) is 0.131. The molecule has 0 N–H and O–H groups in total. The van der Waals surface area contributed by atoms with Gasteiger partial charge in [0.05, 0.1) is 78.1 Å². The first kappa shape index (κ1) is 81.2. The summed E-state index contributed by atoms with van der Waals surface area (Å²) in [6, 6.07) is 143. The van der Waals surface area contributed by atoms with E-state index in [-0.39, 0.29) is 16.2 Å². The summed E-state index contributed by atoms with van der Waals surface area (Å²) in [5.41, 5.74) is 37.6. The number of fused-ring (bicyclic) bond motifs is 30. The second-order valence-corrected chi connectivity index (χ2v) is 37.8. The third kappa shape index (κ3) is 12.6. The minimum atomic E-state index is -0.226. The molecular formula is C126H88N12. The summed E-state index contributed by atoms with van der Waals surface area (Å²) in [6.07, 6.45) is 5.78. The van der Waals surface area contributed by atoms with Crippen LogP contribution in [0.5, 0.6) is 0 Å². The second-order valence-electron chi connectivity index (χ2n) is 37.8. The van der Waals surface area contributed by atoms with Crippen molar-refractivity contribution in [3.8, 4) is 130 Å². The van der Waals surface area contributed by atoms with Crippen LogP contribution in [-0.4, -0.2) is 58.6 Å². The fraction of sp³-hybridized carbons (Fsp3) is 0.0714. The standard InChI is InChI=1S/C46H32N4.2C40H28N4/c1-46(2)36-21-11-9-18-33(36)41-42(46)43-35(20-13-27-47-43)40-34-19-10-12-22-39(34)50(44(40)41)32-25-23-30(24-26-32)38-28-37(29-14-5-3-6-15-29)48-45(49-38)31-16-7-4-8-17-31;1-40(2)30-21-11-9-18-27(30)35-36(40)37-29(20-13-23-41-37)34-28-19-10-12-22-33(28)44(38(34)35)39-42-31(25-14-5-3-6-15-25)24-32(43-39)26-16-7-4-8-17-26;1-40(2)30-21-11-9-18-27(30)35-36(40)37-29(20-13-23-41-37)34-28-19-10-12-22-32(28)44(38(34)35)33-24-31(25-14-5-3-6-15-25)42-39(43-33)26-16-7-4-8-17-26/h3-28H,1-2H3;2*3-24H,1-2H3. The maximum absolute atomic E-state index is 5.31. The Hall–Kier alpha value is -17.6. The lowest BCUT2D eigenvalue weighted by Gasteiger charge is -2.23. The Balaban J connectivity index is 0.000000107. The van der Waals surface area contributed by atoms with E-state index in [0.29, 0.717) is 17.6 Å². The number of rotatable bonds is 10. The molecule has 3 aliphatic rings. The van der Waals surface area contributed by atoms with Crippen molar-refractivity contribution in [1.82, 2.24) is 58.6 Å². The molecule has 16 aromatic carbocycles. The van der Waals surface area contributed by atoms with Crippen LogP contribution in [0.2, 0.25) is 0 Å². The molecule has 138 heavy (non-hydrogen) atoms. The first-order valence-electron chi connectivity index (χ1n) is 47.2. The smallest absolute Gasteiger partial charge is 0.235 e. The Bertz CT molecular complexity index is 8750. The van der Waals surface area contributed by atoms with E-state index in [2.05, 4.69) is 401 Å². The van der Waals surface area contributed by atoms with E-state index in [9.17, 15) is 0 Å². The van der Waals surface area contributed by atoms with Crippen LogP contribution in [0.3, 0.4) is 0 Å². The molecule has 0 spiro atoms. The lowest BCUT2D eigenvalue weighted by molar-refractivity contribution is 0.665. The van der Waals surface area contributed by atoms with Gasteiger partial charge in [-0.3, -0.25) is 24.1 Å². The highest BCUT2D eigenvalue weighted by atomic mass is 15.2. The van der Waals surface area contributed by atoms with Crippen molar-refractivity contribution in [3.05, 3.63) is 458 Å². The fourth-order valence-corrected chi connectivity index (χ4v) is 22.8. The summed E-state index contributed by atoms with van der Waals surface area (Å²) < 4.78 is 7.13. The zero-order valence-electron chi connectivity index (χ0n) is 76.8. The zero-order valence-corrected chi connectivity index (χ0v) is 76.8. The Morgan fingerprint density at radius 1 is 0.217 bits per heavy atom. The summed E-state index contributed by atoms with van der Waals surface area (Å²) in [5, 5.41) is 10.7. The van der Waals surface area contributed by atoms with Gasteiger partial charge in [-0.2, -0.15) is 0 Å². The van der Waals surface area contributed by atoms with E-state index < -0.39 is 0 Å². The van der Waals surface area contributed by atoms with Crippen molar-refractivity contribution in [1.29, 1.82) is 0 Å². The predicted octanol–water partition coefficient (Wildman–Crippen LogP) is 31.0. The van der Waals surface area contributed by atoms with E-state index >= 15 is 0 Å². The third-order valence-electron chi connectivity index (χ3n) is 28.9. The van der Waals surface area contributed by atoms with Crippen LogP contribution < -0.4 is 0 Å². The number of hydrogen-bond acceptors (Lipinski definition) is 9. The first-order valence-corrected chi connectivity index (χ1v) is 47.2. The maximum atomic E-state index is 5.31. The van der Waals surface area contributed by atoms with Gasteiger partial charge in [0, 0.05) is 151 Å². The van der Waals surface area contributed by atoms with Crippen molar-refractivity contribution >= 4 is 98.1 Å². The number of pyridine rings is 3. The normalized spacial score (nSPS) is 13.3. The van der Waals surface area contributed by atoms with Gasteiger partial charge in [0.1, 0.15) is 5.82 Å². The second kappa shape index (κ2) is 31.8. The highest BCUT2D eigenvalue weighted by molar-refractivity contribution is 6.30. The summed E-state index contributed by atoms with van der Waals surface area (Å²) in [6.45, 7) is 14.0. The van der Waals surface area contributed by atoms with Gasteiger partial charge in [0.15, 0.2) is 11.6 Å². The summed E-state index contributed by atoms with van der Waals surface area (Å²) in [4.78, 5) is 46.2. The van der Waals surface area contributed by atoms with Gasteiger partial charge in [-0.15, -0.1) is 0 Å². The van der Waals surface area contributed by atoms with Crippen molar-refractivity contribution in [2.45, 2.75) is 57.8 Å². The highest BCUT2D eigenvalue weighted by Crippen LogP contribution is 2.60. The number of benzene rings is 16. The molecular weight excluding hydrogens is 1680 g/mol. The Morgan fingerprint density at radius 2 is 0.493 bits per heavy atom. The molecule has 0 fully saturated rings. The van der Waals surface area contributed by atoms with Crippen LogP contribution in [0.4, 0.5) is 0 Å². The lowest BCUT2D eigenvalue weighted by atomic mass is 9.81. The van der Waals surface area contributed by atoms with Crippen LogP contribution >= 0.6 is 0 Å². The molecule has 28 rings (SSSR count). The molecule has 0 saturated heterocycles. The molecule has 0 atom stereocenters. The van der Waals surface area contributed by atoms with E-state index in [1.807, 2.05) is 79.3 Å². The average molecular weight is 1770 g/mol. The van der Waals surface area contributed by atoms with Crippen molar-refractivity contribution in [3.63, 3.8) is 0 Å². The minimum Gasteiger partial charge on any atom is -0.309 e. The molecule has 652 valence electrons. The Kier molecular flexibility index (Phi) is 18.7. The molecule has 0 aliphatic heterocycles. The van der Waals surface area contributed by atoms with Crippen LogP contribution in [0.15, 0.2) is 425 Å². The van der Waals surface area contributed by atoms with Gasteiger partial charge in [-0.1, -0.05) is 381 Å². The molecule has 12 nitrogen and oxygen atoms in total. The largest absolute Gasteiger partial charge is 0.309 e. The van der Waals surface area contributed by atoms with E-state index in [0.717, 1.165) is 128 Å². The van der Waals surface area contributed by atoms with Gasteiger partial charge in [0.25, 0.3) is 0 Å². The van der Waals surface area contributed by atoms with Gasteiger partial charge in [-0.25, -0.2) is 29.9 Å². The van der Waals surface area contributed by atoms with Gasteiger partial charge >= 0.3 is 0 Å². The molecule has 12 heteroatoms. The maximum Gasteiger partial charge on any atom is 0.235 e. The number of para-hydroxylation sites is 3.